The van der Waals surface area contributed by atoms with Gasteiger partial charge in [-0.25, -0.2) is 14.8 Å². The quantitative estimate of drug-likeness (QED) is 0.546. The zero-order chi connectivity index (χ0) is 23.1. The van der Waals surface area contributed by atoms with Crippen LogP contribution in [-0.2, 0) is 11.3 Å². The molecule has 0 radical (unpaired) electrons. The molecule has 1 aromatic carbocycles. The highest BCUT2D eigenvalue weighted by Gasteiger charge is 2.17. The topological polar surface area (TPSA) is 115 Å². The van der Waals surface area contributed by atoms with Crippen LogP contribution in [0.5, 0.6) is 5.88 Å². The number of ether oxygens (including phenoxy) is 2. The molecule has 32 heavy (non-hydrogen) atoms. The van der Waals surface area contributed by atoms with Crippen molar-refractivity contribution in [2.24, 2.45) is 0 Å². The van der Waals surface area contributed by atoms with E-state index in [-0.39, 0.29) is 12.5 Å². The fraction of sp³-hybridized carbons (Fsp3) is 0.318. The number of hydrogen-bond donors (Lipinski definition) is 2. The first-order valence-corrected chi connectivity index (χ1v) is 10.8. The molecule has 0 bridgehead atoms. The Morgan fingerprint density at radius 3 is 2.72 bits per heavy atom. The van der Waals surface area contributed by atoms with Gasteiger partial charge in [-0.1, -0.05) is 12.1 Å². The summed E-state index contributed by atoms with van der Waals surface area (Å²) in [6.07, 6.45) is 4.18. The lowest BCUT2D eigenvalue weighted by Crippen LogP contribution is -2.27. The number of nitrogens with one attached hydrogen (secondary N) is 2. The summed E-state index contributed by atoms with van der Waals surface area (Å²) in [7, 11) is 0. The van der Waals surface area contributed by atoms with Gasteiger partial charge in [-0.15, -0.1) is 11.3 Å². The Kier molecular flexibility index (Phi) is 7.37. The minimum atomic E-state index is -0.585. The average Bonchev–Trinajstić information content (AvgIpc) is 3.22. The van der Waals surface area contributed by atoms with E-state index in [4.69, 9.17) is 9.47 Å². The molecular formula is C22H25N5O4S. The van der Waals surface area contributed by atoms with Gasteiger partial charge < -0.3 is 14.8 Å². The summed E-state index contributed by atoms with van der Waals surface area (Å²) in [6, 6.07) is 7.16. The summed E-state index contributed by atoms with van der Waals surface area (Å²) in [5, 5.41) is 5.83. The van der Waals surface area contributed by atoms with E-state index in [2.05, 4.69) is 25.6 Å². The zero-order valence-electron chi connectivity index (χ0n) is 18.3. The molecule has 2 heterocycles. The maximum atomic E-state index is 12.5. The Hall–Kier alpha value is -3.53. The highest BCUT2D eigenvalue weighted by Crippen LogP contribution is 2.25. The van der Waals surface area contributed by atoms with Crippen LogP contribution in [0.25, 0.3) is 10.6 Å². The number of thiazole rings is 1. The van der Waals surface area contributed by atoms with Crippen LogP contribution in [0.2, 0.25) is 0 Å². The van der Waals surface area contributed by atoms with Gasteiger partial charge in [0.05, 0.1) is 23.9 Å². The minimum absolute atomic E-state index is 0.275. The highest BCUT2D eigenvalue weighted by molar-refractivity contribution is 7.16. The number of amides is 2. The predicted molar refractivity (Wildman–Crippen MR) is 122 cm³/mol. The molecule has 9 nitrogen and oxygen atoms in total. The van der Waals surface area contributed by atoms with E-state index in [1.54, 1.807) is 51.4 Å². The summed E-state index contributed by atoms with van der Waals surface area (Å²) in [4.78, 5) is 37.9. The van der Waals surface area contributed by atoms with Crippen LogP contribution >= 0.6 is 11.3 Å². The molecule has 3 aromatic rings. The molecule has 0 spiro atoms. The Balaban J connectivity index is 1.59. The van der Waals surface area contributed by atoms with E-state index in [9.17, 15) is 9.59 Å². The number of nitrogens with zero attached hydrogens (tertiary/aromatic N) is 3. The molecule has 0 unspecified atom stereocenters. The van der Waals surface area contributed by atoms with Gasteiger partial charge in [0, 0.05) is 18.4 Å². The number of carbonyl (C=O) groups excluding carboxylic acids is 2. The van der Waals surface area contributed by atoms with Crippen molar-refractivity contribution < 1.29 is 19.1 Å². The second-order valence-electron chi connectivity index (χ2n) is 7.72. The molecule has 0 aliphatic carbocycles. The summed E-state index contributed by atoms with van der Waals surface area (Å²) in [6.45, 7) is 8.02. The third-order valence-electron chi connectivity index (χ3n) is 3.88. The molecule has 168 valence electrons. The van der Waals surface area contributed by atoms with E-state index in [1.165, 1.54) is 17.5 Å². The van der Waals surface area contributed by atoms with Crippen LogP contribution in [0.4, 0.5) is 10.5 Å². The number of benzene rings is 1. The lowest BCUT2D eigenvalue weighted by Gasteiger charge is -2.19. The Bertz CT molecular complexity index is 1090. The Morgan fingerprint density at radius 2 is 1.97 bits per heavy atom. The largest absolute Gasteiger partial charge is 0.477 e. The van der Waals surface area contributed by atoms with Crippen molar-refractivity contribution in [1.29, 1.82) is 0 Å². The van der Waals surface area contributed by atoms with Crippen molar-refractivity contribution in [3.63, 3.8) is 0 Å². The standard InChI is InChI=1S/C22H25N5O4S/c1-5-30-18-13-23-11-16(27-18)17-12-25-20(32-17)19(28)24-10-14-7-6-8-15(9-14)26-21(29)31-22(2,3)4/h6-9,11-13H,5,10H2,1-4H3,(H,24,28)(H,26,29). The van der Waals surface area contributed by atoms with Gasteiger partial charge in [-0.05, 0) is 45.4 Å². The molecule has 0 aliphatic heterocycles. The van der Waals surface area contributed by atoms with E-state index >= 15 is 0 Å². The fourth-order valence-corrected chi connectivity index (χ4v) is 3.41. The molecule has 3 rings (SSSR count). The first-order valence-electron chi connectivity index (χ1n) is 10.0. The molecule has 0 fully saturated rings. The van der Waals surface area contributed by atoms with Gasteiger partial charge in [-0.3, -0.25) is 15.1 Å². The van der Waals surface area contributed by atoms with E-state index in [0.717, 1.165) is 5.56 Å². The number of carbonyl (C=O) groups is 2. The summed E-state index contributed by atoms with van der Waals surface area (Å²) >= 11 is 1.22. The predicted octanol–water partition coefficient (Wildman–Crippen LogP) is 4.28. The first-order chi connectivity index (χ1) is 15.2. The van der Waals surface area contributed by atoms with Crippen LogP contribution < -0.4 is 15.4 Å². The summed E-state index contributed by atoms with van der Waals surface area (Å²) in [5.74, 6) is 0.116. The number of rotatable bonds is 7. The van der Waals surface area contributed by atoms with Crippen LogP contribution in [0.3, 0.4) is 0 Å². The molecule has 0 saturated heterocycles. The number of aromatic nitrogens is 3. The number of hydrogen-bond acceptors (Lipinski definition) is 8. The van der Waals surface area contributed by atoms with Crippen molar-refractivity contribution in [3.05, 3.63) is 53.4 Å². The second kappa shape index (κ2) is 10.2. The summed E-state index contributed by atoms with van der Waals surface area (Å²) < 4.78 is 10.6. The van der Waals surface area contributed by atoms with Crippen LogP contribution in [0, 0.1) is 0 Å². The molecule has 2 amide bonds. The van der Waals surface area contributed by atoms with Gasteiger partial charge in [0.15, 0.2) is 5.01 Å². The van der Waals surface area contributed by atoms with Gasteiger partial charge in [0.1, 0.15) is 11.3 Å². The summed E-state index contributed by atoms with van der Waals surface area (Å²) in [5.41, 5.74) is 1.40. The maximum absolute atomic E-state index is 12.5. The SMILES string of the molecule is CCOc1cncc(-c2cnc(C(=O)NCc3cccc(NC(=O)OC(C)(C)C)c3)s2)n1. The minimum Gasteiger partial charge on any atom is -0.477 e. The fourth-order valence-electron chi connectivity index (χ4n) is 2.62. The highest BCUT2D eigenvalue weighted by atomic mass is 32.1. The van der Waals surface area contributed by atoms with Crippen molar-refractivity contribution in [2.45, 2.75) is 39.8 Å². The van der Waals surface area contributed by atoms with Gasteiger partial charge in [-0.2, -0.15) is 0 Å². The molecule has 0 atom stereocenters. The van der Waals surface area contributed by atoms with Crippen molar-refractivity contribution in [2.75, 3.05) is 11.9 Å². The molecule has 2 N–H and O–H groups in total. The molecular weight excluding hydrogens is 430 g/mol. The maximum Gasteiger partial charge on any atom is 0.412 e. The average molecular weight is 456 g/mol. The van der Waals surface area contributed by atoms with Crippen LogP contribution in [0.15, 0.2) is 42.9 Å². The number of anilines is 1. The van der Waals surface area contributed by atoms with Gasteiger partial charge in [0.25, 0.3) is 5.91 Å². The molecule has 0 aliphatic rings. The first kappa shape index (κ1) is 23.1. The lowest BCUT2D eigenvalue weighted by molar-refractivity contribution is 0.0635. The van der Waals surface area contributed by atoms with Crippen molar-refractivity contribution in [1.82, 2.24) is 20.3 Å². The van der Waals surface area contributed by atoms with E-state index in [0.29, 0.717) is 33.8 Å². The zero-order valence-corrected chi connectivity index (χ0v) is 19.2. The van der Waals surface area contributed by atoms with Gasteiger partial charge >= 0.3 is 6.09 Å². The second-order valence-corrected chi connectivity index (χ2v) is 8.75. The Morgan fingerprint density at radius 1 is 1.16 bits per heavy atom. The van der Waals surface area contributed by atoms with Gasteiger partial charge in [0.2, 0.25) is 5.88 Å². The monoisotopic (exact) mass is 455 g/mol. The molecule has 0 saturated carbocycles. The van der Waals surface area contributed by atoms with Crippen molar-refractivity contribution >= 4 is 29.0 Å². The third kappa shape index (κ3) is 6.74. The Labute approximate surface area is 190 Å². The van der Waals surface area contributed by atoms with Crippen LogP contribution in [0.1, 0.15) is 43.1 Å². The molecule has 2 aromatic heterocycles. The van der Waals surface area contributed by atoms with E-state index < -0.39 is 11.7 Å². The molecule has 10 heteroatoms. The normalized spacial score (nSPS) is 11.0. The third-order valence-corrected chi connectivity index (χ3v) is 4.90. The van der Waals surface area contributed by atoms with Crippen molar-refractivity contribution in [3.8, 4) is 16.5 Å². The van der Waals surface area contributed by atoms with Crippen LogP contribution in [-0.4, -0.2) is 39.2 Å². The lowest BCUT2D eigenvalue weighted by atomic mass is 10.2. The van der Waals surface area contributed by atoms with E-state index in [1.807, 2.05) is 13.0 Å². The smallest absolute Gasteiger partial charge is 0.412 e.